The highest BCUT2D eigenvalue weighted by molar-refractivity contribution is 5.89. The lowest BCUT2D eigenvalue weighted by Crippen LogP contribution is -2.30. The van der Waals surface area contributed by atoms with Crippen LogP contribution < -0.4 is 10.6 Å². The van der Waals surface area contributed by atoms with E-state index in [9.17, 15) is 4.79 Å². The van der Waals surface area contributed by atoms with E-state index in [4.69, 9.17) is 0 Å². The molecular weight excluding hydrogens is 312 g/mol. The number of nitrogens with one attached hydrogen (secondary N) is 2. The van der Waals surface area contributed by atoms with Crippen LogP contribution in [0, 0.1) is 6.92 Å². The van der Waals surface area contributed by atoms with Crippen molar-refractivity contribution in [2.45, 2.75) is 13.3 Å². The first kappa shape index (κ1) is 16.6. The molecule has 3 aromatic rings. The molecule has 0 aliphatic carbocycles. The molecule has 0 saturated carbocycles. The third kappa shape index (κ3) is 4.88. The van der Waals surface area contributed by atoms with E-state index >= 15 is 0 Å². The zero-order valence-corrected chi connectivity index (χ0v) is 14.1. The number of aromatic nitrogens is 2. The molecule has 5 nitrogen and oxygen atoms in total. The number of carbonyl (C=O) groups is 1. The van der Waals surface area contributed by atoms with Gasteiger partial charge in [0.05, 0.1) is 0 Å². The monoisotopic (exact) mass is 332 g/mol. The highest BCUT2D eigenvalue weighted by Gasteiger charge is 2.03. The van der Waals surface area contributed by atoms with Gasteiger partial charge in [-0.3, -0.25) is 0 Å². The Kier molecular flexibility index (Phi) is 5.36. The number of amides is 2. The van der Waals surface area contributed by atoms with E-state index in [1.54, 1.807) is 12.4 Å². The number of hydrogen-bond acceptors (Lipinski definition) is 3. The van der Waals surface area contributed by atoms with E-state index < -0.39 is 0 Å². The Morgan fingerprint density at radius 2 is 1.76 bits per heavy atom. The minimum absolute atomic E-state index is 0.215. The second kappa shape index (κ2) is 8.06. The van der Waals surface area contributed by atoms with Crippen molar-refractivity contribution < 1.29 is 4.79 Å². The predicted molar refractivity (Wildman–Crippen MR) is 99.4 cm³/mol. The molecule has 0 atom stereocenters. The van der Waals surface area contributed by atoms with E-state index in [0.29, 0.717) is 18.8 Å². The fraction of sp³-hybridized carbons (Fsp3) is 0.150. The molecule has 2 amide bonds. The van der Waals surface area contributed by atoms with E-state index in [-0.39, 0.29) is 6.03 Å². The van der Waals surface area contributed by atoms with Gasteiger partial charge in [0.2, 0.25) is 0 Å². The van der Waals surface area contributed by atoms with Crippen molar-refractivity contribution in [3.05, 3.63) is 78.1 Å². The lowest BCUT2D eigenvalue weighted by Gasteiger charge is -2.08. The molecule has 3 rings (SSSR count). The third-order valence-electron chi connectivity index (χ3n) is 3.71. The van der Waals surface area contributed by atoms with Crippen molar-refractivity contribution in [2.24, 2.45) is 0 Å². The van der Waals surface area contributed by atoms with Crippen LogP contribution in [0.4, 0.5) is 10.5 Å². The first-order valence-electron chi connectivity index (χ1n) is 8.18. The molecule has 0 aliphatic rings. The van der Waals surface area contributed by atoms with Gasteiger partial charge in [0.15, 0.2) is 5.82 Å². The van der Waals surface area contributed by atoms with Crippen molar-refractivity contribution in [3.63, 3.8) is 0 Å². The highest BCUT2D eigenvalue weighted by Crippen LogP contribution is 2.13. The van der Waals surface area contributed by atoms with Gasteiger partial charge >= 0.3 is 6.03 Å². The summed E-state index contributed by atoms with van der Waals surface area (Å²) in [6, 6.07) is 17.3. The van der Waals surface area contributed by atoms with Crippen LogP contribution in [0.15, 0.2) is 67.0 Å². The Morgan fingerprint density at radius 1 is 1.00 bits per heavy atom. The molecule has 0 unspecified atom stereocenters. The molecule has 25 heavy (non-hydrogen) atoms. The molecule has 2 aromatic carbocycles. The lowest BCUT2D eigenvalue weighted by atomic mass is 10.2. The van der Waals surface area contributed by atoms with Gasteiger partial charge in [-0.15, -0.1) is 0 Å². The average Bonchev–Trinajstić information content (AvgIpc) is 2.63. The van der Waals surface area contributed by atoms with Crippen LogP contribution in [-0.2, 0) is 6.42 Å². The molecule has 0 fully saturated rings. The molecule has 0 bridgehead atoms. The predicted octanol–water partition coefficient (Wildman–Crippen LogP) is 3.82. The summed E-state index contributed by atoms with van der Waals surface area (Å²) in [6.45, 7) is 2.51. The molecule has 1 heterocycles. The zero-order chi connectivity index (χ0) is 17.5. The van der Waals surface area contributed by atoms with Crippen LogP contribution in [0.1, 0.15) is 11.1 Å². The topological polar surface area (TPSA) is 66.9 Å². The Labute approximate surface area is 147 Å². The van der Waals surface area contributed by atoms with Crippen LogP contribution in [0.5, 0.6) is 0 Å². The molecule has 0 saturated heterocycles. The maximum atomic E-state index is 11.9. The normalized spacial score (nSPS) is 10.3. The Bertz CT molecular complexity index is 832. The van der Waals surface area contributed by atoms with Crippen molar-refractivity contribution in [2.75, 3.05) is 11.9 Å². The number of anilines is 1. The van der Waals surface area contributed by atoms with E-state index in [2.05, 4.69) is 20.6 Å². The van der Waals surface area contributed by atoms with Crippen molar-refractivity contribution in [1.29, 1.82) is 0 Å². The van der Waals surface area contributed by atoms with E-state index in [1.165, 1.54) is 0 Å². The fourth-order valence-electron chi connectivity index (χ4n) is 2.44. The van der Waals surface area contributed by atoms with E-state index in [1.807, 2.05) is 61.5 Å². The Hall–Kier alpha value is -3.21. The van der Waals surface area contributed by atoms with Crippen LogP contribution >= 0.6 is 0 Å². The van der Waals surface area contributed by atoms with Gasteiger partial charge in [-0.1, -0.05) is 42.5 Å². The molecule has 0 spiro atoms. The summed E-state index contributed by atoms with van der Waals surface area (Å²) in [7, 11) is 0. The van der Waals surface area contributed by atoms with Gasteiger partial charge in [0.25, 0.3) is 0 Å². The van der Waals surface area contributed by atoms with Crippen LogP contribution in [0.25, 0.3) is 11.4 Å². The smallest absolute Gasteiger partial charge is 0.319 e. The van der Waals surface area contributed by atoms with Crippen molar-refractivity contribution >= 4 is 11.7 Å². The summed E-state index contributed by atoms with van der Waals surface area (Å²) in [5.74, 6) is 0.703. The number of urea groups is 1. The summed E-state index contributed by atoms with van der Waals surface area (Å²) < 4.78 is 0. The summed E-state index contributed by atoms with van der Waals surface area (Å²) in [5.41, 5.74) is 3.86. The summed E-state index contributed by atoms with van der Waals surface area (Å²) in [4.78, 5) is 20.7. The zero-order valence-electron chi connectivity index (χ0n) is 14.1. The largest absolute Gasteiger partial charge is 0.338 e. The van der Waals surface area contributed by atoms with Gasteiger partial charge in [0, 0.05) is 30.2 Å². The number of aryl methyl sites for hydroxylation is 1. The molecule has 1 aromatic heterocycles. The number of benzene rings is 2. The third-order valence-corrected chi connectivity index (χ3v) is 3.71. The summed E-state index contributed by atoms with van der Waals surface area (Å²) in [5, 5.41) is 5.66. The highest BCUT2D eigenvalue weighted by atomic mass is 16.2. The molecule has 0 aliphatic heterocycles. The first-order valence-corrected chi connectivity index (χ1v) is 8.18. The maximum Gasteiger partial charge on any atom is 0.319 e. The molecular formula is C20H20N4O. The Morgan fingerprint density at radius 3 is 2.48 bits per heavy atom. The molecule has 2 N–H and O–H groups in total. The lowest BCUT2D eigenvalue weighted by molar-refractivity contribution is 0.252. The van der Waals surface area contributed by atoms with Crippen molar-refractivity contribution in [1.82, 2.24) is 15.3 Å². The SMILES string of the molecule is Cc1cccc(NC(=O)NCCc2cnc(-c3ccccc3)nc2)c1. The number of hydrogen-bond donors (Lipinski definition) is 2. The number of rotatable bonds is 5. The van der Waals surface area contributed by atoms with E-state index in [0.717, 1.165) is 22.4 Å². The number of carbonyl (C=O) groups excluding carboxylic acids is 1. The quantitative estimate of drug-likeness (QED) is 0.746. The minimum Gasteiger partial charge on any atom is -0.338 e. The summed E-state index contributed by atoms with van der Waals surface area (Å²) >= 11 is 0. The van der Waals surface area contributed by atoms with Gasteiger partial charge in [0.1, 0.15) is 0 Å². The van der Waals surface area contributed by atoms with Crippen LogP contribution in [0.2, 0.25) is 0 Å². The average molecular weight is 332 g/mol. The molecule has 126 valence electrons. The Balaban J connectivity index is 1.48. The number of nitrogens with zero attached hydrogens (tertiary/aromatic N) is 2. The second-order valence-corrected chi connectivity index (χ2v) is 5.78. The minimum atomic E-state index is -0.215. The van der Waals surface area contributed by atoms with Gasteiger partial charge in [-0.2, -0.15) is 0 Å². The van der Waals surface area contributed by atoms with Gasteiger partial charge < -0.3 is 10.6 Å². The maximum absolute atomic E-state index is 11.9. The first-order chi connectivity index (χ1) is 12.2. The van der Waals surface area contributed by atoms with Crippen molar-refractivity contribution in [3.8, 4) is 11.4 Å². The standard InChI is InChI=1S/C20H20N4O/c1-15-6-5-9-18(12-15)24-20(25)21-11-10-16-13-22-19(23-14-16)17-7-3-2-4-8-17/h2-9,12-14H,10-11H2,1H3,(H2,21,24,25). The van der Waals surface area contributed by atoms with Gasteiger partial charge in [-0.05, 0) is 36.6 Å². The van der Waals surface area contributed by atoms with Crippen LogP contribution in [-0.4, -0.2) is 22.5 Å². The van der Waals surface area contributed by atoms with Crippen LogP contribution in [0.3, 0.4) is 0 Å². The second-order valence-electron chi connectivity index (χ2n) is 5.78. The molecule has 0 radical (unpaired) electrons. The fourth-order valence-corrected chi connectivity index (χ4v) is 2.44. The summed E-state index contributed by atoms with van der Waals surface area (Å²) in [6.07, 6.45) is 4.28. The molecule has 5 heteroatoms. The van der Waals surface area contributed by atoms with Gasteiger partial charge in [-0.25, -0.2) is 14.8 Å².